The van der Waals surface area contributed by atoms with Gasteiger partial charge in [0.1, 0.15) is 0 Å². The van der Waals surface area contributed by atoms with Crippen LogP contribution in [0.3, 0.4) is 0 Å². The fourth-order valence-electron chi connectivity index (χ4n) is 4.21. The Balaban J connectivity index is 1.72. The van der Waals surface area contributed by atoms with Gasteiger partial charge in [0.15, 0.2) is 0 Å². The summed E-state index contributed by atoms with van der Waals surface area (Å²) in [4.78, 5) is 5.41. The molecule has 2 aliphatic rings. The summed E-state index contributed by atoms with van der Waals surface area (Å²) in [6.45, 7) is 14.4. The van der Waals surface area contributed by atoms with E-state index in [1.54, 1.807) is 0 Å². The number of ether oxygens (including phenoxy) is 1. The fraction of sp³-hybridized carbons (Fsp3) is 1.00. The molecule has 0 radical (unpaired) electrons. The van der Waals surface area contributed by atoms with Crippen LogP contribution in [0, 0.1) is 5.41 Å². The maximum atomic E-state index is 5.40. The smallest absolute Gasteiger partial charge is 0.0618 e. The minimum absolute atomic E-state index is 0.562. The average molecular weight is 311 g/mol. The molecule has 2 aliphatic heterocycles. The Morgan fingerprint density at radius 2 is 1.68 bits per heavy atom. The van der Waals surface area contributed by atoms with Crippen molar-refractivity contribution in [2.45, 2.75) is 84.3 Å². The van der Waals surface area contributed by atoms with Gasteiger partial charge in [0.25, 0.3) is 0 Å². The Kier molecular flexibility index (Phi) is 6.73. The molecule has 3 heteroatoms. The summed E-state index contributed by atoms with van der Waals surface area (Å²) >= 11 is 0. The molecule has 0 aromatic rings. The molecule has 3 nitrogen and oxygen atoms in total. The lowest BCUT2D eigenvalue weighted by molar-refractivity contribution is 0.0751. The zero-order valence-electron chi connectivity index (χ0n) is 15.6. The number of methoxy groups -OCH3 is 1. The first-order chi connectivity index (χ1) is 10.4. The summed E-state index contributed by atoms with van der Waals surface area (Å²) in [5.74, 6) is 0. The third-order valence-corrected chi connectivity index (χ3v) is 6.13. The highest BCUT2D eigenvalue weighted by molar-refractivity contribution is 4.85. The summed E-state index contributed by atoms with van der Waals surface area (Å²) in [5, 5.41) is 0. The maximum Gasteiger partial charge on any atom is 0.0618 e. The second kappa shape index (κ2) is 8.12. The van der Waals surface area contributed by atoms with E-state index in [0.29, 0.717) is 17.5 Å². The highest BCUT2D eigenvalue weighted by Crippen LogP contribution is 2.31. The molecule has 0 aromatic heterocycles. The SMILES string of the molecule is COC[C@@H]1CCCN1C(C)CCC(C)N1CCC(C)(C)CC1. The van der Waals surface area contributed by atoms with Crippen molar-refractivity contribution in [2.75, 3.05) is 33.4 Å². The predicted molar refractivity (Wildman–Crippen MR) is 94.4 cm³/mol. The second-order valence-corrected chi connectivity index (χ2v) is 8.46. The van der Waals surface area contributed by atoms with Gasteiger partial charge in [-0.05, 0) is 77.4 Å². The van der Waals surface area contributed by atoms with Crippen LogP contribution < -0.4 is 0 Å². The molecule has 3 atom stereocenters. The van der Waals surface area contributed by atoms with E-state index < -0.39 is 0 Å². The first-order valence-corrected chi connectivity index (χ1v) is 9.42. The van der Waals surface area contributed by atoms with Gasteiger partial charge in [-0.2, -0.15) is 0 Å². The standard InChI is InChI=1S/C19H38N2O/c1-16(20-13-10-19(3,4)11-14-20)8-9-17(2)21-12-6-7-18(21)15-22-5/h16-18H,6-15H2,1-5H3/t16?,17?,18-/m0/s1. The topological polar surface area (TPSA) is 15.7 Å². The van der Waals surface area contributed by atoms with Crippen LogP contribution in [0.4, 0.5) is 0 Å². The van der Waals surface area contributed by atoms with Gasteiger partial charge in [0.2, 0.25) is 0 Å². The van der Waals surface area contributed by atoms with Crippen molar-refractivity contribution in [3.05, 3.63) is 0 Å². The number of piperidine rings is 1. The molecule has 0 bridgehead atoms. The van der Waals surface area contributed by atoms with Gasteiger partial charge in [-0.15, -0.1) is 0 Å². The molecule has 2 heterocycles. The maximum absolute atomic E-state index is 5.40. The Hall–Kier alpha value is -0.120. The quantitative estimate of drug-likeness (QED) is 0.712. The normalized spacial score (nSPS) is 29.6. The van der Waals surface area contributed by atoms with E-state index in [0.717, 1.165) is 12.6 Å². The Morgan fingerprint density at radius 3 is 2.32 bits per heavy atom. The first kappa shape index (κ1) is 18.2. The molecule has 0 aromatic carbocycles. The van der Waals surface area contributed by atoms with E-state index >= 15 is 0 Å². The van der Waals surface area contributed by atoms with Crippen LogP contribution in [0.5, 0.6) is 0 Å². The van der Waals surface area contributed by atoms with E-state index in [-0.39, 0.29) is 0 Å². The van der Waals surface area contributed by atoms with Gasteiger partial charge in [0.05, 0.1) is 6.61 Å². The predicted octanol–water partition coefficient (Wildman–Crippen LogP) is 3.78. The Bertz CT molecular complexity index is 321. The van der Waals surface area contributed by atoms with Crippen molar-refractivity contribution in [1.82, 2.24) is 9.80 Å². The molecular formula is C19H38N2O. The zero-order valence-corrected chi connectivity index (χ0v) is 15.6. The molecule has 0 saturated carbocycles. The molecule has 0 spiro atoms. The third kappa shape index (κ3) is 4.94. The van der Waals surface area contributed by atoms with Crippen LogP contribution >= 0.6 is 0 Å². The van der Waals surface area contributed by atoms with Crippen LogP contribution in [-0.2, 0) is 4.74 Å². The molecular weight excluding hydrogens is 272 g/mol. The number of likely N-dealkylation sites (tertiary alicyclic amines) is 2. The van der Waals surface area contributed by atoms with E-state index in [1.807, 2.05) is 7.11 Å². The molecule has 2 fully saturated rings. The molecule has 2 rings (SSSR count). The molecule has 0 N–H and O–H groups in total. The van der Waals surface area contributed by atoms with Crippen molar-refractivity contribution < 1.29 is 4.74 Å². The number of rotatable bonds is 7. The van der Waals surface area contributed by atoms with Crippen LogP contribution in [-0.4, -0.2) is 61.3 Å². The molecule has 2 unspecified atom stereocenters. The van der Waals surface area contributed by atoms with Crippen LogP contribution in [0.1, 0.15) is 66.2 Å². The minimum Gasteiger partial charge on any atom is -0.383 e. The van der Waals surface area contributed by atoms with Crippen LogP contribution in [0.25, 0.3) is 0 Å². The van der Waals surface area contributed by atoms with Gasteiger partial charge < -0.3 is 9.64 Å². The van der Waals surface area contributed by atoms with Crippen molar-refractivity contribution >= 4 is 0 Å². The second-order valence-electron chi connectivity index (χ2n) is 8.46. The van der Waals surface area contributed by atoms with Gasteiger partial charge in [-0.3, -0.25) is 4.90 Å². The summed E-state index contributed by atoms with van der Waals surface area (Å²) in [7, 11) is 1.83. The lowest BCUT2D eigenvalue weighted by Gasteiger charge is -2.40. The van der Waals surface area contributed by atoms with Crippen LogP contribution in [0.15, 0.2) is 0 Å². The summed E-state index contributed by atoms with van der Waals surface area (Å²) in [6, 6.07) is 2.10. The van der Waals surface area contributed by atoms with Crippen molar-refractivity contribution in [3.8, 4) is 0 Å². The van der Waals surface area contributed by atoms with E-state index in [2.05, 4.69) is 37.5 Å². The van der Waals surface area contributed by atoms with E-state index in [4.69, 9.17) is 4.74 Å². The van der Waals surface area contributed by atoms with Gasteiger partial charge in [-0.25, -0.2) is 0 Å². The van der Waals surface area contributed by atoms with E-state index in [1.165, 1.54) is 58.2 Å². The first-order valence-electron chi connectivity index (χ1n) is 9.42. The number of hydrogen-bond acceptors (Lipinski definition) is 3. The summed E-state index contributed by atoms with van der Waals surface area (Å²) < 4.78 is 5.40. The van der Waals surface area contributed by atoms with Crippen molar-refractivity contribution in [3.63, 3.8) is 0 Å². The lowest BCUT2D eigenvalue weighted by Crippen LogP contribution is -2.44. The molecule has 0 aliphatic carbocycles. The Morgan fingerprint density at radius 1 is 1.05 bits per heavy atom. The average Bonchev–Trinajstić information content (AvgIpc) is 2.93. The summed E-state index contributed by atoms with van der Waals surface area (Å²) in [6.07, 6.45) is 8.02. The summed E-state index contributed by atoms with van der Waals surface area (Å²) in [5.41, 5.74) is 0.562. The molecule has 130 valence electrons. The lowest BCUT2D eigenvalue weighted by atomic mass is 9.82. The number of nitrogens with zero attached hydrogens (tertiary/aromatic N) is 2. The number of hydrogen-bond donors (Lipinski definition) is 0. The molecule has 0 amide bonds. The third-order valence-electron chi connectivity index (χ3n) is 6.13. The van der Waals surface area contributed by atoms with Crippen molar-refractivity contribution in [2.24, 2.45) is 5.41 Å². The van der Waals surface area contributed by atoms with Gasteiger partial charge in [-0.1, -0.05) is 13.8 Å². The van der Waals surface area contributed by atoms with Crippen LogP contribution in [0.2, 0.25) is 0 Å². The fourth-order valence-corrected chi connectivity index (χ4v) is 4.21. The largest absolute Gasteiger partial charge is 0.383 e. The highest BCUT2D eigenvalue weighted by atomic mass is 16.5. The highest BCUT2D eigenvalue weighted by Gasteiger charge is 2.30. The Labute approximate surface area is 138 Å². The molecule has 2 saturated heterocycles. The zero-order chi connectivity index (χ0) is 16.2. The van der Waals surface area contributed by atoms with Crippen molar-refractivity contribution in [1.29, 1.82) is 0 Å². The van der Waals surface area contributed by atoms with Gasteiger partial charge >= 0.3 is 0 Å². The molecule has 22 heavy (non-hydrogen) atoms. The minimum atomic E-state index is 0.562. The monoisotopic (exact) mass is 310 g/mol. The van der Waals surface area contributed by atoms with E-state index in [9.17, 15) is 0 Å². The van der Waals surface area contributed by atoms with Gasteiger partial charge in [0, 0.05) is 25.2 Å².